The van der Waals surface area contributed by atoms with E-state index in [9.17, 15) is 0 Å². The lowest BCUT2D eigenvalue weighted by atomic mass is 10.2. The summed E-state index contributed by atoms with van der Waals surface area (Å²) in [6.07, 6.45) is 0. The van der Waals surface area contributed by atoms with Crippen LogP contribution in [0.3, 0.4) is 0 Å². The predicted octanol–water partition coefficient (Wildman–Crippen LogP) is 1.29. The van der Waals surface area contributed by atoms with Crippen LogP contribution in [0.15, 0.2) is 18.2 Å². The number of rotatable bonds is 2. The molecule has 0 fully saturated rings. The molecule has 1 N–H and O–H groups in total. The SMILES string of the molecule is Cc1cc(Cl)cc(OBO)c1. The zero-order valence-electron chi connectivity index (χ0n) is 6.17. The molecular formula is C7H8BClO2. The minimum atomic E-state index is -0.320. The molecule has 0 aliphatic rings. The van der Waals surface area contributed by atoms with Gasteiger partial charge in [0.1, 0.15) is 5.75 Å². The van der Waals surface area contributed by atoms with Crippen LogP contribution >= 0.6 is 11.6 Å². The van der Waals surface area contributed by atoms with Gasteiger partial charge in [-0.1, -0.05) is 11.6 Å². The molecule has 4 heteroatoms. The fraction of sp³-hybridized carbons (Fsp3) is 0.143. The molecule has 0 heterocycles. The van der Waals surface area contributed by atoms with Crippen molar-refractivity contribution >= 4 is 19.3 Å². The number of hydrogen-bond acceptors (Lipinski definition) is 2. The fourth-order valence-electron chi connectivity index (χ4n) is 0.861. The van der Waals surface area contributed by atoms with Gasteiger partial charge >= 0.3 is 7.69 Å². The maximum absolute atomic E-state index is 8.44. The van der Waals surface area contributed by atoms with Crippen LogP contribution in [0.4, 0.5) is 0 Å². The molecule has 0 unspecified atom stereocenters. The van der Waals surface area contributed by atoms with Crippen LogP contribution in [-0.4, -0.2) is 12.7 Å². The number of benzene rings is 1. The second kappa shape index (κ2) is 3.65. The first-order valence-electron chi connectivity index (χ1n) is 3.23. The van der Waals surface area contributed by atoms with Gasteiger partial charge < -0.3 is 9.68 Å². The van der Waals surface area contributed by atoms with Gasteiger partial charge in [0.15, 0.2) is 0 Å². The molecule has 0 atom stereocenters. The predicted molar refractivity (Wildman–Crippen MR) is 46.2 cm³/mol. The van der Waals surface area contributed by atoms with Gasteiger partial charge in [-0.05, 0) is 30.7 Å². The Morgan fingerprint density at radius 3 is 2.73 bits per heavy atom. The smallest absolute Gasteiger partial charge is 0.504 e. The molecule has 1 rings (SSSR count). The third-order valence-corrected chi connectivity index (χ3v) is 1.47. The number of halogens is 1. The first-order valence-corrected chi connectivity index (χ1v) is 3.61. The Morgan fingerprint density at radius 1 is 1.45 bits per heavy atom. The molecule has 58 valence electrons. The van der Waals surface area contributed by atoms with Crippen LogP contribution < -0.4 is 4.65 Å². The number of aryl methyl sites for hydroxylation is 1. The van der Waals surface area contributed by atoms with E-state index in [1.807, 2.05) is 19.1 Å². The van der Waals surface area contributed by atoms with Gasteiger partial charge in [-0.25, -0.2) is 0 Å². The summed E-state index contributed by atoms with van der Waals surface area (Å²) in [6, 6.07) is 5.29. The number of hydrogen-bond donors (Lipinski definition) is 1. The molecule has 11 heavy (non-hydrogen) atoms. The van der Waals surface area contributed by atoms with Crippen molar-refractivity contribution < 1.29 is 9.68 Å². The maximum atomic E-state index is 8.44. The average Bonchev–Trinajstić information content (AvgIpc) is 1.85. The van der Waals surface area contributed by atoms with Crippen molar-refractivity contribution in [1.82, 2.24) is 0 Å². The summed E-state index contributed by atoms with van der Waals surface area (Å²) in [5.41, 5.74) is 1.01. The van der Waals surface area contributed by atoms with E-state index in [2.05, 4.69) is 0 Å². The highest BCUT2D eigenvalue weighted by Crippen LogP contribution is 2.19. The van der Waals surface area contributed by atoms with E-state index in [1.165, 1.54) is 0 Å². The van der Waals surface area contributed by atoms with E-state index in [1.54, 1.807) is 6.07 Å². The van der Waals surface area contributed by atoms with Crippen LogP contribution in [0, 0.1) is 6.92 Å². The molecular weight excluding hydrogens is 162 g/mol. The van der Waals surface area contributed by atoms with E-state index < -0.39 is 0 Å². The first-order chi connectivity index (χ1) is 5.22. The van der Waals surface area contributed by atoms with Crippen molar-refractivity contribution in [3.05, 3.63) is 28.8 Å². The average molecular weight is 170 g/mol. The fourth-order valence-corrected chi connectivity index (χ4v) is 1.14. The quantitative estimate of drug-likeness (QED) is 0.678. The Balaban J connectivity index is 2.89. The molecule has 0 aliphatic carbocycles. The molecule has 1 aromatic carbocycles. The zero-order valence-corrected chi connectivity index (χ0v) is 6.93. The van der Waals surface area contributed by atoms with Crippen molar-refractivity contribution in [2.45, 2.75) is 6.92 Å². The lowest BCUT2D eigenvalue weighted by Crippen LogP contribution is -1.99. The molecule has 0 amide bonds. The molecule has 0 bridgehead atoms. The van der Waals surface area contributed by atoms with Gasteiger partial charge in [0.2, 0.25) is 0 Å². The Bertz CT molecular complexity index is 232. The molecule has 0 aromatic heterocycles. The normalized spacial score (nSPS) is 9.36. The molecule has 0 aliphatic heterocycles. The van der Waals surface area contributed by atoms with E-state index in [0.29, 0.717) is 10.8 Å². The van der Waals surface area contributed by atoms with E-state index in [0.717, 1.165) is 5.56 Å². The zero-order chi connectivity index (χ0) is 8.27. The molecule has 1 aromatic rings. The highest BCUT2D eigenvalue weighted by molar-refractivity contribution is 6.30. The standard InChI is InChI=1S/C7H8BClO2/c1-5-2-6(9)4-7(3-5)11-8-10/h2-4,8,10H,1H3. The topological polar surface area (TPSA) is 29.5 Å². The van der Waals surface area contributed by atoms with E-state index in [4.69, 9.17) is 21.3 Å². The maximum Gasteiger partial charge on any atom is 0.504 e. The van der Waals surface area contributed by atoms with Crippen LogP contribution in [0.2, 0.25) is 5.02 Å². The van der Waals surface area contributed by atoms with Crippen molar-refractivity contribution in [3.8, 4) is 5.75 Å². The summed E-state index contributed by atoms with van der Waals surface area (Å²) in [5, 5.41) is 9.06. The summed E-state index contributed by atoms with van der Waals surface area (Å²) in [4.78, 5) is 0. The second-order valence-corrected chi connectivity index (χ2v) is 2.67. The van der Waals surface area contributed by atoms with Gasteiger partial charge in [-0.15, -0.1) is 0 Å². The highest BCUT2D eigenvalue weighted by Gasteiger charge is 1.96. The Hall–Kier alpha value is -0.665. The van der Waals surface area contributed by atoms with E-state index >= 15 is 0 Å². The molecule has 0 saturated heterocycles. The van der Waals surface area contributed by atoms with Crippen LogP contribution in [-0.2, 0) is 0 Å². The van der Waals surface area contributed by atoms with Crippen molar-refractivity contribution in [2.75, 3.05) is 0 Å². The third-order valence-electron chi connectivity index (χ3n) is 1.25. The second-order valence-electron chi connectivity index (χ2n) is 2.24. The van der Waals surface area contributed by atoms with Crippen LogP contribution in [0.1, 0.15) is 5.56 Å². The summed E-state index contributed by atoms with van der Waals surface area (Å²) in [7, 11) is -0.320. The highest BCUT2D eigenvalue weighted by atomic mass is 35.5. The molecule has 0 radical (unpaired) electrons. The lowest BCUT2D eigenvalue weighted by Gasteiger charge is -2.02. The van der Waals surface area contributed by atoms with Crippen molar-refractivity contribution in [2.24, 2.45) is 0 Å². The van der Waals surface area contributed by atoms with Gasteiger partial charge in [-0.3, -0.25) is 0 Å². The first kappa shape index (κ1) is 8.43. The van der Waals surface area contributed by atoms with Gasteiger partial charge in [-0.2, -0.15) is 0 Å². The molecule has 0 spiro atoms. The van der Waals surface area contributed by atoms with Crippen molar-refractivity contribution in [3.63, 3.8) is 0 Å². The summed E-state index contributed by atoms with van der Waals surface area (Å²) in [6.45, 7) is 1.91. The summed E-state index contributed by atoms with van der Waals surface area (Å²) >= 11 is 5.72. The monoisotopic (exact) mass is 170 g/mol. The Labute approximate surface area is 71.1 Å². The van der Waals surface area contributed by atoms with Crippen LogP contribution in [0.5, 0.6) is 5.75 Å². The van der Waals surface area contributed by atoms with Crippen molar-refractivity contribution in [1.29, 1.82) is 0 Å². The minimum Gasteiger partial charge on any atom is -0.539 e. The summed E-state index contributed by atoms with van der Waals surface area (Å²) in [5.74, 6) is 0.595. The Morgan fingerprint density at radius 2 is 2.18 bits per heavy atom. The third kappa shape index (κ3) is 2.44. The van der Waals surface area contributed by atoms with Crippen LogP contribution in [0.25, 0.3) is 0 Å². The van der Waals surface area contributed by atoms with E-state index in [-0.39, 0.29) is 7.69 Å². The molecule has 0 saturated carbocycles. The Kier molecular flexibility index (Phi) is 2.80. The summed E-state index contributed by atoms with van der Waals surface area (Å²) < 4.78 is 4.84. The van der Waals surface area contributed by atoms with Gasteiger partial charge in [0.25, 0.3) is 0 Å². The van der Waals surface area contributed by atoms with Gasteiger partial charge in [0, 0.05) is 5.02 Å². The lowest BCUT2D eigenvalue weighted by molar-refractivity contribution is 0.453. The minimum absolute atomic E-state index is 0.320. The largest absolute Gasteiger partial charge is 0.539 e. The molecule has 2 nitrogen and oxygen atoms in total. The van der Waals surface area contributed by atoms with Gasteiger partial charge in [0.05, 0.1) is 0 Å².